The van der Waals surface area contributed by atoms with E-state index in [4.69, 9.17) is 10.5 Å². The molecule has 0 amide bonds. The molecule has 1 aromatic heterocycles. The van der Waals surface area contributed by atoms with Crippen molar-refractivity contribution in [2.45, 2.75) is 26.5 Å². The SMILES string of the molecule is Cc1nc(N)nc(NC(C)COCc2cccc([N+](=O)[O-])c2)n1. The Kier molecular flexibility index (Phi) is 5.36. The number of aryl methyl sites for hydroxylation is 1. The van der Waals surface area contributed by atoms with E-state index in [-0.39, 0.29) is 24.3 Å². The maximum Gasteiger partial charge on any atom is 0.269 e. The molecule has 23 heavy (non-hydrogen) atoms. The van der Waals surface area contributed by atoms with E-state index in [0.29, 0.717) is 18.4 Å². The lowest BCUT2D eigenvalue weighted by Gasteiger charge is -2.14. The summed E-state index contributed by atoms with van der Waals surface area (Å²) in [5.74, 6) is 1.08. The zero-order chi connectivity index (χ0) is 16.8. The van der Waals surface area contributed by atoms with Gasteiger partial charge in [-0.3, -0.25) is 10.1 Å². The molecule has 2 rings (SSSR count). The second-order valence-corrected chi connectivity index (χ2v) is 5.05. The van der Waals surface area contributed by atoms with Crippen molar-refractivity contribution in [1.29, 1.82) is 0 Å². The molecular weight excluding hydrogens is 300 g/mol. The number of nitrogen functional groups attached to an aromatic ring is 1. The van der Waals surface area contributed by atoms with Gasteiger partial charge in [-0.2, -0.15) is 15.0 Å². The predicted molar refractivity (Wildman–Crippen MR) is 84.8 cm³/mol. The van der Waals surface area contributed by atoms with Crippen LogP contribution in [0.4, 0.5) is 17.6 Å². The lowest BCUT2D eigenvalue weighted by Crippen LogP contribution is -2.23. The fourth-order valence-corrected chi connectivity index (χ4v) is 1.94. The van der Waals surface area contributed by atoms with Gasteiger partial charge in [0, 0.05) is 18.2 Å². The summed E-state index contributed by atoms with van der Waals surface area (Å²) in [6, 6.07) is 6.29. The Bertz CT molecular complexity index is 674. The number of non-ortho nitro benzene ring substituents is 1. The average Bonchev–Trinajstić information content (AvgIpc) is 2.46. The van der Waals surface area contributed by atoms with Gasteiger partial charge >= 0.3 is 0 Å². The van der Waals surface area contributed by atoms with Crippen LogP contribution in [-0.4, -0.2) is 32.5 Å². The van der Waals surface area contributed by atoms with Gasteiger partial charge in [0.05, 0.1) is 18.1 Å². The van der Waals surface area contributed by atoms with E-state index in [0.717, 1.165) is 5.56 Å². The molecule has 0 fully saturated rings. The molecule has 0 aliphatic carbocycles. The van der Waals surface area contributed by atoms with Gasteiger partial charge < -0.3 is 15.8 Å². The number of hydrogen-bond acceptors (Lipinski definition) is 8. The molecule has 0 spiro atoms. The number of nitro benzene ring substituents is 1. The van der Waals surface area contributed by atoms with E-state index in [9.17, 15) is 10.1 Å². The number of nitro groups is 1. The van der Waals surface area contributed by atoms with Crippen molar-refractivity contribution < 1.29 is 9.66 Å². The average molecular weight is 318 g/mol. The molecule has 122 valence electrons. The van der Waals surface area contributed by atoms with Gasteiger partial charge in [0.25, 0.3) is 5.69 Å². The Labute approximate surface area is 133 Å². The van der Waals surface area contributed by atoms with Crippen molar-refractivity contribution in [3.05, 3.63) is 45.8 Å². The summed E-state index contributed by atoms with van der Waals surface area (Å²) < 4.78 is 5.56. The number of anilines is 2. The van der Waals surface area contributed by atoms with Gasteiger partial charge in [-0.05, 0) is 19.4 Å². The Morgan fingerprint density at radius 1 is 1.39 bits per heavy atom. The van der Waals surface area contributed by atoms with E-state index in [1.54, 1.807) is 19.1 Å². The second kappa shape index (κ2) is 7.45. The summed E-state index contributed by atoms with van der Waals surface area (Å²) >= 11 is 0. The van der Waals surface area contributed by atoms with Crippen molar-refractivity contribution in [2.24, 2.45) is 0 Å². The van der Waals surface area contributed by atoms with Crippen LogP contribution in [0.1, 0.15) is 18.3 Å². The number of benzene rings is 1. The zero-order valence-corrected chi connectivity index (χ0v) is 12.9. The van der Waals surface area contributed by atoms with Gasteiger partial charge in [-0.25, -0.2) is 0 Å². The van der Waals surface area contributed by atoms with Crippen LogP contribution in [0.15, 0.2) is 24.3 Å². The number of aromatic nitrogens is 3. The molecule has 1 aromatic carbocycles. The van der Waals surface area contributed by atoms with E-state index in [2.05, 4.69) is 20.3 Å². The van der Waals surface area contributed by atoms with E-state index >= 15 is 0 Å². The molecule has 1 heterocycles. The fourth-order valence-electron chi connectivity index (χ4n) is 1.94. The van der Waals surface area contributed by atoms with Crippen LogP contribution < -0.4 is 11.1 Å². The molecule has 0 aliphatic rings. The summed E-state index contributed by atoms with van der Waals surface area (Å²) in [5.41, 5.74) is 6.35. The first kappa shape index (κ1) is 16.6. The third-order valence-corrected chi connectivity index (χ3v) is 2.90. The quantitative estimate of drug-likeness (QED) is 0.582. The lowest BCUT2D eigenvalue weighted by molar-refractivity contribution is -0.384. The van der Waals surface area contributed by atoms with Gasteiger partial charge in [0.15, 0.2) is 0 Å². The Morgan fingerprint density at radius 2 is 2.17 bits per heavy atom. The van der Waals surface area contributed by atoms with Gasteiger partial charge in [-0.1, -0.05) is 12.1 Å². The summed E-state index contributed by atoms with van der Waals surface area (Å²) in [5, 5.41) is 13.8. The number of ether oxygens (including phenoxy) is 1. The van der Waals surface area contributed by atoms with E-state index in [1.165, 1.54) is 12.1 Å². The highest BCUT2D eigenvalue weighted by molar-refractivity contribution is 5.34. The molecule has 1 unspecified atom stereocenters. The molecule has 0 radical (unpaired) electrons. The monoisotopic (exact) mass is 318 g/mol. The molecule has 0 saturated carbocycles. The number of rotatable bonds is 7. The van der Waals surface area contributed by atoms with E-state index in [1.807, 2.05) is 6.92 Å². The smallest absolute Gasteiger partial charge is 0.269 e. The first-order chi connectivity index (χ1) is 10.9. The minimum Gasteiger partial charge on any atom is -0.375 e. The highest BCUT2D eigenvalue weighted by atomic mass is 16.6. The topological polar surface area (TPSA) is 129 Å². The van der Waals surface area contributed by atoms with Crippen LogP contribution in [0.5, 0.6) is 0 Å². The van der Waals surface area contributed by atoms with Crippen LogP contribution >= 0.6 is 0 Å². The third kappa shape index (κ3) is 5.15. The first-order valence-corrected chi connectivity index (χ1v) is 7.00. The van der Waals surface area contributed by atoms with Crippen LogP contribution in [0.25, 0.3) is 0 Å². The highest BCUT2D eigenvalue weighted by Gasteiger charge is 2.08. The molecule has 2 aromatic rings. The minimum atomic E-state index is -0.429. The first-order valence-electron chi connectivity index (χ1n) is 7.00. The third-order valence-electron chi connectivity index (χ3n) is 2.90. The van der Waals surface area contributed by atoms with Gasteiger partial charge in [0.2, 0.25) is 11.9 Å². The summed E-state index contributed by atoms with van der Waals surface area (Å²) in [7, 11) is 0. The van der Waals surface area contributed by atoms with Crippen molar-refractivity contribution in [3.8, 4) is 0 Å². The molecular formula is C14H18N6O3. The van der Waals surface area contributed by atoms with Crippen LogP contribution in [0.3, 0.4) is 0 Å². The molecule has 9 nitrogen and oxygen atoms in total. The Balaban J connectivity index is 1.83. The van der Waals surface area contributed by atoms with Crippen LogP contribution in [0, 0.1) is 17.0 Å². The predicted octanol–water partition coefficient (Wildman–Crippen LogP) is 1.69. The lowest BCUT2D eigenvalue weighted by atomic mass is 10.2. The second-order valence-electron chi connectivity index (χ2n) is 5.05. The molecule has 9 heteroatoms. The largest absolute Gasteiger partial charge is 0.375 e. The molecule has 1 atom stereocenters. The van der Waals surface area contributed by atoms with Crippen LogP contribution in [-0.2, 0) is 11.3 Å². The molecule has 3 N–H and O–H groups in total. The van der Waals surface area contributed by atoms with E-state index < -0.39 is 4.92 Å². The van der Waals surface area contributed by atoms with Crippen molar-refractivity contribution in [1.82, 2.24) is 15.0 Å². The summed E-state index contributed by atoms with van der Waals surface area (Å²) in [6.07, 6.45) is 0. The summed E-state index contributed by atoms with van der Waals surface area (Å²) in [4.78, 5) is 22.3. The standard InChI is InChI=1S/C14H18N6O3/c1-9(16-14-18-10(2)17-13(15)19-14)7-23-8-11-4-3-5-12(6-11)20(21)22/h3-6,9H,7-8H2,1-2H3,(H3,15,16,17,18,19). The summed E-state index contributed by atoms with van der Waals surface area (Å²) in [6.45, 7) is 4.30. The molecule has 0 bridgehead atoms. The minimum absolute atomic E-state index is 0.0495. The maximum absolute atomic E-state index is 10.7. The Hall–Kier alpha value is -2.81. The highest BCUT2D eigenvalue weighted by Crippen LogP contribution is 2.14. The Morgan fingerprint density at radius 3 is 2.87 bits per heavy atom. The molecule has 0 saturated heterocycles. The van der Waals surface area contributed by atoms with Crippen molar-refractivity contribution in [2.75, 3.05) is 17.7 Å². The molecule has 0 aliphatic heterocycles. The van der Waals surface area contributed by atoms with Crippen LogP contribution in [0.2, 0.25) is 0 Å². The normalized spacial score (nSPS) is 11.9. The number of hydrogen-bond donors (Lipinski definition) is 2. The number of nitrogens with zero attached hydrogens (tertiary/aromatic N) is 4. The van der Waals surface area contributed by atoms with Gasteiger partial charge in [0.1, 0.15) is 5.82 Å². The zero-order valence-electron chi connectivity index (χ0n) is 12.9. The maximum atomic E-state index is 10.7. The van der Waals surface area contributed by atoms with Crippen molar-refractivity contribution in [3.63, 3.8) is 0 Å². The fraction of sp³-hybridized carbons (Fsp3) is 0.357. The number of nitrogens with two attached hydrogens (primary N) is 1. The number of nitrogens with one attached hydrogen (secondary N) is 1. The van der Waals surface area contributed by atoms with Crippen molar-refractivity contribution >= 4 is 17.6 Å². The van der Waals surface area contributed by atoms with Gasteiger partial charge in [-0.15, -0.1) is 0 Å².